The Balaban J connectivity index is 2.12. The maximum absolute atomic E-state index is 11.8. The summed E-state index contributed by atoms with van der Waals surface area (Å²) in [7, 11) is 0. The number of hydrogen-bond donors (Lipinski definition) is 2. The van der Waals surface area contributed by atoms with Gasteiger partial charge < -0.3 is 11.1 Å². The number of thiocarbonyl (C=S) groups is 1. The van der Waals surface area contributed by atoms with Gasteiger partial charge >= 0.3 is 0 Å². The van der Waals surface area contributed by atoms with E-state index in [9.17, 15) is 4.79 Å². The van der Waals surface area contributed by atoms with E-state index < -0.39 is 0 Å². The highest BCUT2D eigenvalue weighted by atomic mass is 32.1. The number of carbonyl (C=O) groups is 1. The van der Waals surface area contributed by atoms with E-state index in [1.165, 1.54) is 6.20 Å². The number of nitrogens with two attached hydrogens (primary N) is 1. The zero-order valence-corrected chi connectivity index (χ0v) is 10.2. The maximum atomic E-state index is 11.8. The lowest BCUT2D eigenvalue weighted by Crippen LogP contribution is -2.12. The van der Waals surface area contributed by atoms with Gasteiger partial charge in [-0.3, -0.25) is 4.79 Å². The lowest BCUT2D eigenvalue weighted by atomic mass is 10.1. The Kier molecular flexibility index (Phi) is 3.40. The molecule has 1 heterocycles. The summed E-state index contributed by atoms with van der Waals surface area (Å²) in [5.41, 5.74) is 6.72. The fourth-order valence-electron chi connectivity index (χ4n) is 1.19. The SMILES string of the molecule is NC(=S)c1ccc(C(=O)Nc2cnns2)cc1. The molecule has 1 aromatic carbocycles. The quantitative estimate of drug-likeness (QED) is 0.820. The monoisotopic (exact) mass is 264 g/mol. The molecule has 0 aliphatic heterocycles. The highest BCUT2D eigenvalue weighted by molar-refractivity contribution is 7.80. The number of hydrogen-bond acceptors (Lipinski definition) is 5. The second-order valence-corrected chi connectivity index (χ2v) is 4.40. The topological polar surface area (TPSA) is 80.9 Å². The summed E-state index contributed by atoms with van der Waals surface area (Å²) >= 11 is 5.95. The van der Waals surface area contributed by atoms with Crippen molar-refractivity contribution in [3.63, 3.8) is 0 Å². The number of carbonyl (C=O) groups excluding carboxylic acids is 1. The lowest BCUT2D eigenvalue weighted by molar-refractivity contribution is 0.102. The molecular weight excluding hydrogens is 256 g/mol. The Morgan fingerprint density at radius 3 is 2.47 bits per heavy atom. The van der Waals surface area contributed by atoms with Crippen molar-refractivity contribution in [2.45, 2.75) is 0 Å². The first-order valence-electron chi connectivity index (χ1n) is 4.65. The van der Waals surface area contributed by atoms with Gasteiger partial charge in [-0.15, -0.1) is 5.10 Å². The van der Waals surface area contributed by atoms with Crippen molar-refractivity contribution in [2.24, 2.45) is 5.73 Å². The molecule has 7 heteroatoms. The molecule has 0 fully saturated rings. The second-order valence-electron chi connectivity index (χ2n) is 3.18. The molecule has 1 amide bonds. The highest BCUT2D eigenvalue weighted by Crippen LogP contribution is 2.12. The summed E-state index contributed by atoms with van der Waals surface area (Å²) in [5, 5.41) is 6.91. The molecule has 0 aliphatic carbocycles. The van der Waals surface area contributed by atoms with Crippen LogP contribution in [0.2, 0.25) is 0 Å². The standard InChI is InChI=1S/C10H8N4OS2/c11-9(16)6-1-3-7(4-2-6)10(15)13-8-5-12-14-17-8/h1-5H,(H2,11,16)(H,13,15). The fraction of sp³-hybridized carbons (Fsp3) is 0. The van der Waals surface area contributed by atoms with Gasteiger partial charge in [0.15, 0.2) is 0 Å². The van der Waals surface area contributed by atoms with Gasteiger partial charge in [0.05, 0.1) is 6.20 Å². The van der Waals surface area contributed by atoms with Crippen molar-refractivity contribution in [1.82, 2.24) is 9.59 Å². The van der Waals surface area contributed by atoms with Crippen LogP contribution in [0.1, 0.15) is 15.9 Å². The van der Waals surface area contributed by atoms with Crippen LogP contribution < -0.4 is 11.1 Å². The molecule has 0 unspecified atom stereocenters. The van der Waals surface area contributed by atoms with Crippen LogP contribution in [-0.4, -0.2) is 20.5 Å². The average molecular weight is 264 g/mol. The van der Waals surface area contributed by atoms with E-state index in [0.29, 0.717) is 15.6 Å². The summed E-state index contributed by atoms with van der Waals surface area (Å²) in [6.45, 7) is 0. The Hall–Kier alpha value is -1.86. The van der Waals surface area contributed by atoms with Gasteiger partial charge in [0.25, 0.3) is 5.91 Å². The molecule has 17 heavy (non-hydrogen) atoms. The number of amides is 1. The molecule has 0 aliphatic rings. The minimum absolute atomic E-state index is 0.217. The predicted molar refractivity (Wildman–Crippen MR) is 70.2 cm³/mol. The van der Waals surface area contributed by atoms with Crippen molar-refractivity contribution in [1.29, 1.82) is 0 Å². The van der Waals surface area contributed by atoms with Crippen LogP contribution in [0.5, 0.6) is 0 Å². The number of nitrogens with one attached hydrogen (secondary N) is 1. The summed E-state index contributed by atoms with van der Waals surface area (Å²) < 4.78 is 3.65. The first-order valence-corrected chi connectivity index (χ1v) is 5.83. The summed E-state index contributed by atoms with van der Waals surface area (Å²) in [5.74, 6) is -0.217. The van der Waals surface area contributed by atoms with Crippen LogP contribution in [0.3, 0.4) is 0 Å². The third-order valence-corrected chi connectivity index (χ3v) is 2.85. The Morgan fingerprint density at radius 1 is 1.29 bits per heavy atom. The van der Waals surface area contributed by atoms with Crippen LogP contribution in [0, 0.1) is 0 Å². The average Bonchev–Trinajstić information content (AvgIpc) is 2.82. The Labute approximate surface area is 107 Å². The Bertz CT molecular complexity index is 536. The second kappa shape index (κ2) is 4.98. The molecule has 3 N–H and O–H groups in total. The third-order valence-electron chi connectivity index (χ3n) is 2.03. The van der Waals surface area contributed by atoms with Gasteiger partial charge in [-0.1, -0.05) is 28.8 Å². The van der Waals surface area contributed by atoms with Gasteiger partial charge in [-0.05, 0) is 12.1 Å². The molecule has 0 bridgehead atoms. The zero-order chi connectivity index (χ0) is 12.3. The number of nitrogens with zero attached hydrogens (tertiary/aromatic N) is 2. The van der Waals surface area contributed by atoms with Gasteiger partial charge in [0, 0.05) is 22.7 Å². The molecule has 2 aromatic rings. The van der Waals surface area contributed by atoms with Crippen LogP contribution in [-0.2, 0) is 0 Å². The van der Waals surface area contributed by atoms with E-state index in [0.717, 1.165) is 17.1 Å². The molecular formula is C10H8N4OS2. The van der Waals surface area contributed by atoms with E-state index in [-0.39, 0.29) is 5.91 Å². The normalized spacial score (nSPS) is 9.88. The smallest absolute Gasteiger partial charge is 0.256 e. The predicted octanol–water partition coefficient (Wildman–Crippen LogP) is 1.42. The van der Waals surface area contributed by atoms with Gasteiger partial charge in [0.2, 0.25) is 0 Å². The number of aromatic nitrogens is 2. The molecule has 0 saturated heterocycles. The molecule has 0 spiro atoms. The molecule has 0 saturated carbocycles. The number of rotatable bonds is 3. The summed E-state index contributed by atoms with van der Waals surface area (Å²) in [4.78, 5) is 12.1. The van der Waals surface area contributed by atoms with Crippen LogP contribution in [0.4, 0.5) is 5.00 Å². The van der Waals surface area contributed by atoms with Gasteiger partial charge in [0.1, 0.15) is 9.99 Å². The van der Waals surface area contributed by atoms with Crippen LogP contribution in [0.15, 0.2) is 30.5 Å². The van der Waals surface area contributed by atoms with Crippen LogP contribution >= 0.6 is 23.8 Å². The molecule has 2 rings (SSSR count). The van der Waals surface area contributed by atoms with Crippen LogP contribution in [0.25, 0.3) is 0 Å². The van der Waals surface area contributed by atoms with Gasteiger partial charge in [-0.2, -0.15) is 0 Å². The van der Waals surface area contributed by atoms with E-state index in [1.54, 1.807) is 24.3 Å². The van der Waals surface area contributed by atoms with Gasteiger partial charge in [-0.25, -0.2) is 0 Å². The maximum Gasteiger partial charge on any atom is 0.256 e. The first kappa shape index (κ1) is 11.6. The lowest BCUT2D eigenvalue weighted by Gasteiger charge is -2.02. The first-order chi connectivity index (χ1) is 8.16. The Morgan fingerprint density at radius 2 is 1.94 bits per heavy atom. The molecule has 0 radical (unpaired) electrons. The number of anilines is 1. The summed E-state index contributed by atoms with van der Waals surface area (Å²) in [6, 6.07) is 6.75. The van der Waals surface area contributed by atoms with Crippen molar-refractivity contribution >= 4 is 39.6 Å². The minimum atomic E-state index is -0.217. The van der Waals surface area contributed by atoms with E-state index in [1.807, 2.05) is 0 Å². The molecule has 5 nitrogen and oxygen atoms in total. The number of benzene rings is 1. The highest BCUT2D eigenvalue weighted by Gasteiger charge is 2.07. The molecule has 86 valence electrons. The largest absolute Gasteiger partial charge is 0.389 e. The zero-order valence-electron chi connectivity index (χ0n) is 8.58. The van der Waals surface area contributed by atoms with E-state index in [2.05, 4.69) is 14.9 Å². The van der Waals surface area contributed by atoms with Crippen molar-refractivity contribution in [3.8, 4) is 0 Å². The minimum Gasteiger partial charge on any atom is -0.389 e. The van der Waals surface area contributed by atoms with E-state index >= 15 is 0 Å². The third kappa shape index (κ3) is 2.83. The van der Waals surface area contributed by atoms with E-state index in [4.69, 9.17) is 18.0 Å². The van der Waals surface area contributed by atoms with Crippen molar-refractivity contribution in [3.05, 3.63) is 41.6 Å². The fourth-order valence-corrected chi connectivity index (χ4v) is 1.74. The molecule has 1 aromatic heterocycles. The van der Waals surface area contributed by atoms with Crippen molar-refractivity contribution in [2.75, 3.05) is 5.32 Å². The molecule has 0 atom stereocenters. The van der Waals surface area contributed by atoms with Crippen molar-refractivity contribution < 1.29 is 4.79 Å². The summed E-state index contributed by atoms with van der Waals surface area (Å²) in [6.07, 6.45) is 1.49.